The molecular formula is C15H20N2O3. The molecular weight excluding hydrogens is 256 g/mol. The highest BCUT2D eigenvalue weighted by Gasteiger charge is 2.15. The first-order valence-corrected chi connectivity index (χ1v) is 6.95. The lowest BCUT2D eigenvalue weighted by Gasteiger charge is -2.03. The van der Waals surface area contributed by atoms with Gasteiger partial charge in [0.1, 0.15) is 6.10 Å². The first-order valence-electron chi connectivity index (χ1n) is 6.95. The molecule has 1 aromatic carbocycles. The van der Waals surface area contributed by atoms with E-state index < -0.39 is 6.10 Å². The van der Waals surface area contributed by atoms with Crippen LogP contribution in [0.25, 0.3) is 0 Å². The lowest BCUT2D eigenvalue weighted by atomic mass is 10.1. The van der Waals surface area contributed by atoms with Crippen LogP contribution in [0, 0.1) is 0 Å². The molecule has 2 N–H and O–H groups in total. The third kappa shape index (κ3) is 4.43. The Kier molecular flexibility index (Phi) is 5.70. The molecule has 1 aromatic heterocycles. The highest BCUT2D eigenvalue weighted by molar-refractivity contribution is 5.15. The summed E-state index contributed by atoms with van der Waals surface area (Å²) >= 11 is 0. The van der Waals surface area contributed by atoms with Crippen LogP contribution in [0.2, 0.25) is 0 Å². The Morgan fingerprint density at radius 1 is 1.10 bits per heavy atom. The predicted octanol–water partition coefficient (Wildman–Crippen LogP) is 2.05. The topological polar surface area (TPSA) is 79.4 Å². The molecule has 108 valence electrons. The average molecular weight is 276 g/mol. The predicted molar refractivity (Wildman–Crippen MR) is 74.0 cm³/mol. The van der Waals surface area contributed by atoms with Crippen molar-refractivity contribution in [3.63, 3.8) is 0 Å². The number of unbranched alkanes of at least 4 members (excludes halogenated alkanes) is 1. The van der Waals surface area contributed by atoms with E-state index in [9.17, 15) is 5.11 Å². The van der Waals surface area contributed by atoms with Gasteiger partial charge in [0.2, 0.25) is 0 Å². The summed E-state index contributed by atoms with van der Waals surface area (Å²) in [7, 11) is 0. The summed E-state index contributed by atoms with van der Waals surface area (Å²) in [6.07, 6.45) is 2.74. The molecule has 20 heavy (non-hydrogen) atoms. The minimum absolute atomic E-state index is 0.138. The van der Waals surface area contributed by atoms with Crippen molar-refractivity contribution in [3.05, 3.63) is 47.6 Å². The maximum atomic E-state index is 9.87. The lowest BCUT2D eigenvalue weighted by molar-refractivity contribution is 0.119. The van der Waals surface area contributed by atoms with Crippen LogP contribution in [0.3, 0.4) is 0 Å². The molecule has 2 rings (SSSR count). The molecule has 0 bridgehead atoms. The highest BCUT2D eigenvalue weighted by Crippen LogP contribution is 2.17. The number of aliphatic hydroxyl groups is 2. The molecule has 2 aromatic rings. The average Bonchev–Trinajstić information content (AvgIpc) is 2.95. The van der Waals surface area contributed by atoms with Gasteiger partial charge in [-0.25, -0.2) is 0 Å². The Labute approximate surface area is 118 Å². The Morgan fingerprint density at radius 2 is 1.90 bits per heavy atom. The fraction of sp³-hybridized carbons (Fsp3) is 0.467. The van der Waals surface area contributed by atoms with Crippen molar-refractivity contribution in [3.8, 4) is 0 Å². The van der Waals surface area contributed by atoms with Crippen molar-refractivity contribution >= 4 is 0 Å². The maximum absolute atomic E-state index is 9.87. The minimum atomic E-state index is -0.737. The molecule has 1 unspecified atom stereocenters. The van der Waals surface area contributed by atoms with Gasteiger partial charge in [0.25, 0.3) is 5.89 Å². The van der Waals surface area contributed by atoms with Crippen LogP contribution in [0.4, 0.5) is 0 Å². The molecule has 0 aliphatic heterocycles. The van der Waals surface area contributed by atoms with Crippen molar-refractivity contribution in [2.24, 2.45) is 0 Å². The van der Waals surface area contributed by atoms with Gasteiger partial charge in [-0.05, 0) is 31.2 Å². The van der Waals surface area contributed by atoms with E-state index in [-0.39, 0.29) is 12.5 Å². The summed E-state index contributed by atoms with van der Waals surface area (Å²) in [6, 6.07) is 10.1. The number of hydrogen-bond acceptors (Lipinski definition) is 5. The molecule has 0 amide bonds. The van der Waals surface area contributed by atoms with E-state index >= 15 is 0 Å². The molecule has 5 heteroatoms. The Hall–Kier alpha value is -1.72. The van der Waals surface area contributed by atoms with Crippen molar-refractivity contribution in [1.82, 2.24) is 10.1 Å². The van der Waals surface area contributed by atoms with Gasteiger partial charge < -0.3 is 14.7 Å². The Morgan fingerprint density at radius 3 is 2.65 bits per heavy atom. The molecule has 1 heterocycles. The Balaban J connectivity index is 1.82. The van der Waals surface area contributed by atoms with Gasteiger partial charge >= 0.3 is 0 Å². The third-order valence-electron chi connectivity index (χ3n) is 3.13. The van der Waals surface area contributed by atoms with E-state index in [1.807, 2.05) is 18.2 Å². The van der Waals surface area contributed by atoms with E-state index in [0.29, 0.717) is 25.1 Å². The summed E-state index contributed by atoms with van der Waals surface area (Å²) in [4.78, 5) is 4.21. The summed E-state index contributed by atoms with van der Waals surface area (Å²) < 4.78 is 5.07. The van der Waals surface area contributed by atoms with Crippen molar-refractivity contribution < 1.29 is 14.7 Å². The van der Waals surface area contributed by atoms with Gasteiger partial charge in [-0.15, -0.1) is 0 Å². The second-order valence-corrected chi connectivity index (χ2v) is 4.77. The highest BCUT2D eigenvalue weighted by atomic mass is 16.5. The van der Waals surface area contributed by atoms with Gasteiger partial charge in [0, 0.05) is 13.0 Å². The zero-order valence-corrected chi connectivity index (χ0v) is 11.4. The van der Waals surface area contributed by atoms with Crippen LogP contribution in [0.1, 0.15) is 42.6 Å². The van der Waals surface area contributed by atoms with Crippen LogP contribution >= 0.6 is 0 Å². The van der Waals surface area contributed by atoms with Gasteiger partial charge in [0.15, 0.2) is 5.82 Å². The lowest BCUT2D eigenvalue weighted by Crippen LogP contribution is -1.99. The summed E-state index contributed by atoms with van der Waals surface area (Å²) in [5, 5.41) is 22.5. The smallest absolute Gasteiger partial charge is 0.255 e. The van der Waals surface area contributed by atoms with E-state index in [0.717, 1.165) is 12.8 Å². The zero-order valence-electron chi connectivity index (χ0n) is 11.4. The van der Waals surface area contributed by atoms with Crippen molar-refractivity contribution in [1.29, 1.82) is 0 Å². The van der Waals surface area contributed by atoms with Gasteiger partial charge in [-0.3, -0.25) is 0 Å². The SMILES string of the molecule is OCCCCC(O)c1nc(CCc2ccccc2)no1. The monoisotopic (exact) mass is 276 g/mol. The number of aromatic nitrogens is 2. The van der Waals surface area contributed by atoms with Crippen LogP contribution in [0.15, 0.2) is 34.9 Å². The number of aryl methyl sites for hydroxylation is 2. The summed E-state index contributed by atoms with van der Waals surface area (Å²) in [5.74, 6) is 0.885. The second kappa shape index (κ2) is 7.77. The first-order chi connectivity index (χ1) is 9.79. The second-order valence-electron chi connectivity index (χ2n) is 4.77. The van der Waals surface area contributed by atoms with Crippen LogP contribution in [-0.4, -0.2) is 27.0 Å². The van der Waals surface area contributed by atoms with E-state index in [2.05, 4.69) is 22.3 Å². The number of benzene rings is 1. The number of nitrogens with zero attached hydrogens (tertiary/aromatic N) is 2. The van der Waals surface area contributed by atoms with Gasteiger partial charge in [0.05, 0.1) is 0 Å². The molecule has 0 aliphatic carbocycles. The number of aliphatic hydroxyl groups excluding tert-OH is 2. The molecule has 0 saturated carbocycles. The van der Waals surface area contributed by atoms with E-state index in [1.165, 1.54) is 5.56 Å². The summed E-state index contributed by atoms with van der Waals surface area (Å²) in [5.41, 5.74) is 1.22. The van der Waals surface area contributed by atoms with Gasteiger partial charge in [-0.2, -0.15) is 4.98 Å². The third-order valence-corrected chi connectivity index (χ3v) is 3.13. The molecule has 0 saturated heterocycles. The first kappa shape index (κ1) is 14.7. The largest absolute Gasteiger partial charge is 0.396 e. The molecule has 1 atom stereocenters. The summed E-state index contributed by atoms with van der Waals surface area (Å²) in [6.45, 7) is 0.138. The minimum Gasteiger partial charge on any atom is -0.396 e. The fourth-order valence-corrected chi connectivity index (χ4v) is 1.98. The molecule has 0 spiro atoms. The maximum Gasteiger partial charge on any atom is 0.255 e. The molecule has 0 fully saturated rings. The molecule has 0 aliphatic rings. The normalized spacial score (nSPS) is 12.5. The standard InChI is InChI=1S/C15H20N2O3/c18-11-5-4-8-13(19)15-16-14(17-20-15)10-9-12-6-2-1-3-7-12/h1-3,6-7,13,18-19H,4-5,8-11H2. The quantitative estimate of drug-likeness (QED) is 0.721. The van der Waals surface area contributed by atoms with Crippen LogP contribution < -0.4 is 0 Å². The van der Waals surface area contributed by atoms with Crippen LogP contribution in [-0.2, 0) is 12.8 Å². The van der Waals surface area contributed by atoms with E-state index in [4.69, 9.17) is 9.63 Å². The van der Waals surface area contributed by atoms with E-state index in [1.54, 1.807) is 0 Å². The Bertz CT molecular complexity index is 499. The van der Waals surface area contributed by atoms with Crippen molar-refractivity contribution in [2.75, 3.05) is 6.61 Å². The zero-order chi connectivity index (χ0) is 14.2. The molecule has 0 radical (unpaired) electrons. The van der Waals surface area contributed by atoms with Crippen LogP contribution in [0.5, 0.6) is 0 Å². The number of hydrogen-bond donors (Lipinski definition) is 2. The molecule has 5 nitrogen and oxygen atoms in total. The van der Waals surface area contributed by atoms with Crippen molar-refractivity contribution in [2.45, 2.75) is 38.2 Å². The van der Waals surface area contributed by atoms with Gasteiger partial charge in [-0.1, -0.05) is 35.5 Å². The fourth-order valence-electron chi connectivity index (χ4n) is 1.98. The number of rotatable bonds is 8.